The number of nitrogens with one attached hydrogen (secondary N) is 1. The molecule has 116 valence electrons. The average molecular weight is 292 g/mol. The van der Waals surface area contributed by atoms with Crippen LogP contribution in [0.25, 0.3) is 0 Å². The van der Waals surface area contributed by atoms with Gasteiger partial charge in [-0.15, -0.1) is 0 Å². The van der Waals surface area contributed by atoms with Gasteiger partial charge in [-0.2, -0.15) is 0 Å². The molecule has 5 heteroatoms. The first-order valence-electron chi connectivity index (χ1n) is 7.11. The van der Waals surface area contributed by atoms with Crippen molar-refractivity contribution in [1.82, 2.24) is 5.32 Å². The smallest absolute Gasteiger partial charge is 0.328 e. The van der Waals surface area contributed by atoms with E-state index in [4.69, 9.17) is 10.5 Å². The zero-order chi connectivity index (χ0) is 15.8. The van der Waals surface area contributed by atoms with E-state index in [9.17, 15) is 9.59 Å². The zero-order valence-electron chi connectivity index (χ0n) is 12.8. The summed E-state index contributed by atoms with van der Waals surface area (Å²) in [4.78, 5) is 23.9. The van der Waals surface area contributed by atoms with Crippen LogP contribution in [0.3, 0.4) is 0 Å². The lowest BCUT2D eigenvalue weighted by Crippen LogP contribution is -2.50. The molecule has 1 aromatic rings. The number of ether oxygens (including phenoxy) is 1. The summed E-state index contributed by atoms with van der Waals surface area (Å²) in [6.07, 6.45) is 0.957. The number of carbonyl (C=O) groups is 2. The molecule has 0 radical (unpaired) electrons. The van der Waals surface area contributed by atoms with Gasteiger partial charge in [-0.25, -0.2) is 4.79 Å². The van der Waals surface area contributed by atoms with Crippen LogP contribution in [-0.2, 0) is 20.7 Å². The van der Waals surface area contributed by atoms with Crippen LogP contribution < -0.4 is 11.1 Å². The van der Waals surface area contributed by atoms with Crippen molar-refractivity contribution in [3.63, 3.8) is 0 Å². The van der Waals surface area contributed by atoms with Gasteiger partial charge in [0.25, 0.3) is 0 Å². The minimum absolute atomic E-state index is 0.316. The second kappa shape index (κ2) is 8.42. The highest BCUT2D eigenvalue weighted by atomic mass is 16.5. The molecular formula is C16H24N2O3. The van der Waals surface area contributed by atoms with Gasteiger partial charge in [0.05, 0.1) is 13.2 Å². The van der Waals surface area contributed by atoms with Crippen molar-refractivity contribution < 1.29 is 14.3 Å². The molecule has 1 rings (SSSR count). The zero-order valence-corrected chi connectivity index (χ0v) is 12.8. The van der Waals surface area contributed by atoms with E-state index in [-0.39, 0.29) is 5.91 Å². The average Bonchev–Trinajstić information content (AvgIpc) is 2.46. The van der Waals surface area contributed by atoms with Crippen molar-refractivity contribution >= 4 is 11.9 Å². The third-order valence-electron chi connectivity index (χ3n) is 3.15. The highest BCUT2D eigenvalue weighted by Crippen LogP contribution is 2.07. The molecule has 0 saturated carbocycles. The minimum atomic E-state index is -0.719. The Morgan fingerprint density at radius 2 is 1.86 bits per heavy atom. The van der Waals surface area contributed by atoms with Gasteiger partial charge in [-0.05, 0) is 17.9 Å². The maximum Gasteiger partial charge on any atom is 0.328 e. The minimum Gasteiger partial charge on any atom is -0.467 e. The topological polar surface area (TPSA) is 81.4 Å². The molecule has 0 spiro atoms. The summed E-state index contributed by atoms with van der Waals surface area (Å²) in [5, 5.41) is 2.68. The van der Waals surface area contributed by atoms with Gasteiger partial charge >= 0.3 is 5.97 Å². The van der Waals surface area contributed by atoms with Crippen molar-refractivity contribution in [2.45, 2.75) is 38.8 Å². The Kier molecular flexibility index (Phi) is 6.88. The summed E-state index contributed by atoms with van der Waals surface area (Å²) in [6.45, 7) is 3.99. The van der Waals surface area contributed by atoms with Crippen LogP contribution in [-0.4, -0.2) is 31.1 Å². The van der Waals surface area contributed by atoms with E-state index in [2.05, 4.69) is 5.32 Å². The maximum absolute atomic E-state index is 12.1. The lowest BCUT2D eigenvalue weighted by atomic mass is 10.0. The normalized spacial score (nSPS) is 13.6. The first-order chi connectivity index (χ1) is 9.93. The Hall–Kier alpha value is -1.88. The predicted molar refractivity (Wildman–Crippen MR) is 81.5 cm³/mol. The molecule has 0 heterocycles. The third kappa shape index (κ3) is 5.95. The molecule has 21 heavy (non-hydrogen) atoms. The standard InChI is InChI=1S/C16H24N2O3/c1-11(2)9-13(17)15(19)18-14(16(20)21-3)10-12-7-5-4-6-8-12/h4-8,11,13-14H,9-10,17H2,1-3H3,(H,18,19)/t13-,14-/m1/s1. The van der Waals surface area contributed by atoms with Crippen LogP contribution >= 0.6 is 0 Å². The molecule has 0 unspecified atom stereocenters. The second-order valence-electron chi connectivity index (χ2n) is 5.51. The Labute approximate surface area is 125 Å². The number of amides is 1. The van der Waals surface area contributed by atoms with E-state index in [1.807, 2.05) is 44.2 Å². The molecule has 0 aliphatic rings. The monoisotopic (exact) mass is 292 g/mol. The number of rotatable bonds is 7. The molecule has 1 amide bonds. The summed E-state index contributed by atoms with van der Waals surface area (Å²) in [7, 11) is 1.31. The third-order valence-corrected chi connectivity index (χ3v) is 3.15. The van der Waals surface area contributed by atoms with E-state index in [0.29, 0.717) is 18.8 Å². The molecule has 0 aliphatic heterocycles. The van der Waals surface area contributed by atoms with Gasteiger partial charge in [0.1, 0.15) is 6.04 Å². The molecule has 0 bridgehead atoms. The molecule has 0 saturated heterocycles. The first kappa shape index (κ1) is 17.2. The van der Waals surface area contributed by atoms with Crippen molar-refractivity contribution in [2.24, 2.45) is 11.7 Å². The van der Waals surface area contributed by atoms with Crippen molar-refractivity contribution in [2.75, 3.05) is 7.11 Å². The molecule has 1 aromatic carbocycles. The summed E-state index contributed by atoms with van der Waals surface area (Å²) in [5.41, 5.74) is 6.79. The SMILES string of the molecule is COC(=O)[C@@H](Cc1ccccc1)NC(=O)[C@H](N)CC(C)C. The number of nitrogens with two attached hydrogens (primary N) is 1. The lowest BCUT2D eigenvalue weighted by Gasteiger charge is -2.20. The summed E-state index contributed by atoms with van der Waals surface area (Å²) in [5.74, 6) is -0.476. The van der Waals surface area contributed by atoms with Crippen molar-refractivity contribution in [3.05, 3.63) is 35.9 Å². The van der Waals surface area contributed by atoms with Crippen molar-refractivity contribution in [1.29, 1.82) is 0 Å². The van der Waals surface area contributed by atoms with Crippen LogP contribution in [0.1, 0.15) is 25.8 Å². The van der Waals surface area contributed by atoms with E-state index in [1.54, 1.807) is 0 Å². The second-order valence-corrected chi connectivity index (χ2v) is 5.51. The molecule has 0 aliphatic carbocycles. The lowest BCUT2D eigenvalue weighted by molar-refractivity contribution is -0.145. The largest absolute Gasteiger partial charge is 0.467 e. The molecule has 3 N–H and O–H groups in total. The van der Waals surface area contributed by atoms with Gasteiger partial charge in [0, 0.05) is 6.42 Å². The Bertz CT molecular complexity index is 460. The van der Waals surface area contributed by atoms with Crippen LogP contribution in [0.15, 0.2) is 30.3 Å². The fraction of sp³-hybridized carbons (Fsp3) is 0.500. The molecule has 0 fully saturated rings. The first-order valence-corrected chi connectivity index (χ1v) is 7.11. The van der Waals surface area contributed by atoms with E-state index >= 15 is 0 Å². The maximum atomic E-state index is 12.1. The summed E-state index contributed by atoms with van der Waals surface area (Å²) in [6, 6.07) is 8.13. The van der Waals surface area contributed by atoms with E-state index in [1.165, 1.54) is 7.11 Å². The number of methoxy groups -OCH3 is 1. The highest BCUT2D eigenvalue weighted by Gasteiger charge is 2.24. The van der Waals surface area contributed by atoms with Crippen LogP contribution in [0.4, 0.5) is 0 Å². The number of carbonyl (C=O) groups excluding carboxylic acids is 2. The Morgan fingerprint density at radius 3 is 2.38 bits per heavy atom. The highest BCUT2D eigenvalue weighted by molar-refractivity contribution is 5.87. The van der Waals surface area contributed by atoms with Crippen LogP contribution in [0.2, 0.25) is 0 Å². The Morgan fingerprint density at radius 1 is 1.24 bits per heavy atom. The van der Waals surface area contributed by atoms with Crippen LogP contribution in [0, 0.1) is 5.92 Å². The van der Waals surface area contributed by atoms with Gasteiger partial charge < -0.3 is 15.8 Å². The predicted octanol–water partition coefficient (Wildman–Crippen LogP) is 1.26. The van der Waals surface area contributed by atoms with Gasteiger partial charge in [0.2, 0.25) is 5.91 Å². The van der Waals surface area contributed by atoms with Crippen LogP contribution in [0.5, 0.6) is 0 Å². The molecule has 5 nitrogen and oxygen atoms in total. The Balaban J connectivity index is 2.70. The van der Waals surface area contributed by atoms with E-state index < -0.39 is 18.1 Å². The van der Waals surface area contributed by atoms with Gasteiger partial charge in [-0.1, -0.05) is 44.2 Å². The van der Waals surface area contributed by atoms with Gasteiger partial charge in [0.15, 0.2) is 0 Å². The number of benzene rings is 1. The molecule has 0 aromatic heterocycles. The quantitative estimate of drug-likeness (QED) is 0.741. The van der Waals surface area contributed by atoms with Crippen molar-refractivity contribution in [3.8, 4) is 0 Å². The summed E-state index contributed by atoms with van der Waals surface area (Å²) >= 11 is 0. The number of esters is 1. The fourth-order valence-corrected chi connectivity index (χ4v) is 2.08. The fourth-order valence-electron chi connectivity index (χ4n) is 2.08. The molecule has 2 atom stereocenters. The van der Waals surface area contributed by atoms with E-state index in [0.717, 1.165) is 5.56 Å². The van der Waals surface area contributed by atoms with Gasteiger partial charge in [-0.3, -0.25) is 4.79 Å². The number of hydrogen-bond acceptors (Lipinski definition) is 4. The molecular weight excluding hydrogens is 268 g/mol. The summed E-state index contributed by atoms with van der Waals surface area (Å²) < 4.78 is 4.75. The number of hydrogen-bond donors (Lipinski definition) is 2.